The van der Waals surface area contributed by atoms with Crippen molar-refractivity contribution in [3.63, 3.8) is 0 Å². The smallest absolute Gasteiger partial charge is 0.135 e. The van der Waals surface area contributed by atoms with Gasteiger partial charge in [-0.2, -0.15) is 0 Å². The minimum absolute atomic E-state index is 0.798. The summed E-state index contributed by atoms with van der Waals surface area (Å²) in [6, 6.07) is 41.8. The first-order valence-electron chi connectivity index (χ1n) is 14.4. The van der Waals surface area contributed by atoms with Crippen molar-refractivity contribution in [2.24, 2.45) is 0 Å². The van der Waals surface area contributed by atoms with Crippen molar-refractivity contribution < 1.29 is 8.83 Å². The van der Waals surface area contributed by atoms with Crippen molar-refractivity contribution in [1.29, 1.82) is 0 Å². The lowest BCUT2D eigenvalue weighted by Crippen LogP contribution is -1.98. The Morgan fingerprint density at radius 2 is 1.36 bits per heavy atom. The van der Waals surface area contributed by atoms with Crippen LogP contribution in [0, 0.1) is 0 Å². The maximum atomic E-state index is 5.96. The van der Waals surface area contributed by atoms with Gasteiger partial charge in [0.15, 0.2) is 0 Å². The van der Waals surface area contributed by atoms with E-state index in [-0.39, 0.29) is 0 Å². The van der Waals surface area contributed by atoms with Crippen LogP contribution in [-0.2, 0) is 0 Å². The first-order chi connectivity index (χ1) is 21.8. The van der Waals surface area contributed by atoms with Gasteiger partial charge in [0.05, 0.1) is 45.2 Å². The number of furan rings is 2. The SMILES string of the molecule is c1coc(-c2ccc(-c3ccc(-c4ccco4)c(-n4c5ccccc5c5ccc(-c6nc7ccccc7s6)cc54)c3)nc2)c1. The summed E-state index contributed by atoms with van der Waals surface area (Å²) in [6.45, 7) is 0. The zero-order valence-corrected chi connectivity index (χ0v) is 24.2. The largest absolute Gasteiger partial charge is 0.464 e. The van der Waals surface area contributed by atoms with Gasteiger partial charge >= 0.3 is 0 Å². The van der Waals surface area contributed by atoms with Crippen molar-refractivity contribution in [1.82, 2.24) is 14.5 Å². The van der Waals surface area contributed by atoms with Crippen LogP contribution in [0.2, 0.25) is 0 Å². The highest BCUT2D eigenvalue weighted by atomic mass is 32.1. The van der Waals surface area contributed by atoms with Crippen LogP contribution in [0.1, 0.15) is 0 Å². The predicted molar refractivity (Wildman–Crippen MR) is 178 cm³/mol. The summed E-state index contributed by atoms with van der Waals surface area (Å²) in [4.78, 5) is 9.78. The maximum absolute atomic E-state index is 5.96. The Bertz CT molecular complexity index is 2400. The van der Waals surface area contributed by atoms with Gasteiger partial charge in [-0.05, 0) is 72.8 Å². The zero-order chi connectivity index (χ0) is 29.0. The average molecular weight is 586 g/mol. The Morgan fingerprint density at radius 1 is 0.591 bits per heavy atom. The molecular formula is C38H23N3O2S. The highest BCUT2D eigenvalue weighted by Crippen LogP contribution is 2.40. The molecule has 5 aromatic heterocycles. The van der Waals surface area contributed by atoms with Crippen molar-refractivity contribution in [2.45, 2.75) is 0 Å². The van der Waals surface area contributed by atoms with Gasteiger partial charge in [-0.25, -0.2) is 4.98 Å². The molecule has 6 heteroatoms. The molecule has 0 saturated carbocycles. The second-order valence-electron chi connectivity index (χ2n) is 10.7. The van der Waals surface area contributed by atoms with Crippen LogP contribution < -0.4 is 0 Å². The van der Waals surface area contributed by atoms with Crippen LogP contribution in [0.3, 0.4) is 0 Å². The van der Waals surface area contributed by atoms with E-state index in [0.29, 0.717) is 0 Å². The zero-order valence-electron chi connectivity index (χ0n) is 23.3. The van der Waals surface area contributed by atoms with E-state index in [1.807, 2.05) is 48.7 Å². The summed E-state index contributed by atoms with van der Waals surface area (Å²) in [6.07, 6.45) is 5.26. The Balaban J connectivity index is 1.28. The first-order valence-corrected chi connectivity index (χ1v) is 15.2. The first kappa shape index (κ1) is 24.8. The molecule has 5 heterocycles. The van der Waals surface area contributed by atoms with Crippen LogP contribution in [0.4, 0.5) is 0 Å². The molecular weight excluding hydrogens is 563 g/mol. The van der Waals surface area contributed by atoms with Crippen molar-refractivity contribution in [3.8, 4) is 50.2 Å². The third-order valence-corrected chi connectivity index (χ3v) is 9.19. The van der Waals surface area contributed by atoms with Gasteiger partial charge in [0.1, 0.15) is 16.5 Å². The molecule has 0 aliphatic heterocycles. The van der Waals surface area contributed by atoms with Crippen molar-refractivity contribution in [2.75, 3.05) is 0 Å². The number of hydrogen-bond acceptors (Lipinski definition) is 5. The van der Waals surface area contributed by atoms with Crippen molar-refractivity contribution >= 4 is 43.4 Å². The summed E-state index contributed by atoms with van der Waals surface area (Å²) in [5, 5.41) is 3.38. The van der Waals surface area contributed by atoms with Gasteiger partial charge in [-0.3, -0.25) is 4.98 Å². The van der Waals surface area contributed by atoms with Crippen LogP contribution in [0.15, 0.2) is 149 Å². The van der Waals surface area contributed by atoms with Gasteiger partial charge in [0, 0.05) is 39.2 Å². The van der Waals surface area contributed by atoms with Gasteiger partial charge in [-0.1, -0.05) is 48.5 Å². The molecule has 5 nitrogen and oxygen atoms in total. The Morgan fingerprint density at radius 3 is 2.18 bits per heavy atom. The summed E-state index contributed by atoms with van der Waals surface area (Å²) in [7, 11) is 0. The minimum Gasteiger partial charge on any atom is -0.464 e. The molecule has 0 unspecified atom stereocenters. The number of hydrogen-bond donors (Lipinski definition) is 0. The Labute approximate surface area is 256 Å². The molecule has 9 rings (SSSR count). The summed E-state index contributed by atoms with van der Waals surface area (Å²) in [5.74, 6) is 1.60. The fourth-order valence-corrected chi connectivity index (χ4v) is 6.99. The standard InChI is InChI=1S/C38H23N3O2S/c1-3-9-32-27(7-1)28-16-14-25(38-40-31-8-2-4-12-37(31)44-38)22-33(28)41(32)34-21-24(13-17-29(34)36-11-6-20-43-36)30-18-15-26(23-39-30)35-10-5-19-42-35/h1-23H. The molecule has 9 aromatic rings. The van der Waals surface area contributed by atoms with Gasteiger partial charge in [0.2, 0.25) is 0 Å². The fraction of sp³-hybridized carbons (Fsp3) is 0. The van der Waals surface area contributed by atoms with Crippen LogP contribution in [0.5, 0.6) is 0 Å². The summed E-state index contributed by atoms with van der Waals surface area (Å²) in [5.41, 5.74) is 9.18. The van der Waals surface area contributed by atoms with Crippen LogP contribution in [-0.4, -0.2) is 14.5 Å². The maximum Gasteiger partial charge on any atom is 0.135 e. The molecule has 0 radical (unpaired) electrons. The number of benzene rings is 4. The highest BCUT2D eigenvalue weighted by molar-refractivity contribution is 7.21. The van der Waals surface area contributed by atoms with E-state index in [4.69, 9.17) is 18.8 Å². The monoisotopic (exact) mass is 585 g/mol. The fourth-order valence-electron chi connectivity index (χ4n) is 6.03. The number of rotatable bonds is 5. The number of para-hydroxylation sites is 2. The number of pyridine rings is 1. The third kappa shape index (κ3) is 4.00. The molecule has 0 atom stereocenters. The van der Waals surface area contributed by atoms with E-state index < -0.39 is 0 Å². The topological polar surface area (TPSA) is 57.0 Å². The molecule has 208 valence electrons. The predicted octanol–water partition coefficient (Wildman–Crippen LogP) is 10.6. The molecule has 0 amide bonds. The van der Waals surface area contributed by atoms with E-state index in [9.17, 15) is 0 Å². The number of nitrogens with zero attached hydrogens (tertiary/aromatic N) is 3. The quantitative estimate of drug-likeness (QED) is 0.202. The summed E-state index contributed by atoms with van der Waals surface area (Å²) >= 11 is 1.72. The molecule has 0 N–H and O–H groups in total. The van der Waals surface area contributed by atoms with E-state index in [2.05, 4.69) is 83.4 Å². The highest BCUT2D eigenvalue weighted by Gasteiger charge is 2.19. The van der Waals surface area contributed by atoms with E-state index in [0.717, 1.165) is 66.7 Å². The summed E-state index contributed by atoms with van der Waals surface area (Å²) < 4.78 is 15.1. The van der Waals surface area contributed by atoms with E-state index >= 15 is 0 Å². The molecule has 44 heavy (non-hydrogen) atoms. The Hall–Kier alpha value is -5.72. The van der Waals surface area contributed by atoms with Crippen LogP contribution in [0.25, 0.3) is 82.2 Å². The lowest BCUT2D eigenvalue weighted by Gasteiger charge is -2.15. The average Bonchev–Trinajstić information content (AvgIpc) is 3.90. The molecule has 0 fully saturated rings. The molecule has 0 saturated heterocycles. The van der Waals surface area contributed by atoms with E-state index in [1.54, 1.807) is 23.9 Å². The van der Waals surface area contributed by atoms with Crippen LogP contribution >= 0.6 is 11.3 Å². The van der Waals surface area contributed by atoms with Gasteiger partial charge < -0.3 is 13.4 Å². The van der Waals surface area contributed by atoms with Crippen molar-refractivity contribution in [3.05, 3.63) is 140 Å². The lowest BCUT2D eigenvalue weighted by atomic mass is 10.0. The Kier molecular flexibility index (Phi) is 5.61. The number of fused-ring (bicyclic) bond motifs is 4. The van der Waals surface area contributed by atoms with Gasteiger partial charge in [0.25, 0.3) is 0 Å². The molecule has 0 bridgehead atoms. The minimum atomic E-state index is 0.798. The van der Waals surface area contributed by atoms with Gasteiger partial charge in [-0.15, -0.1) is 11.3 Å². The molecule has 0 aliphatic carbocycles. The number of thiazole rings is 1. The number of aromatic nitrogens is 3. The lowest BCUT2D eigenvalue weighted by molar-refractivity contribution is 0.582. The normalized spacial score (nSPS) is 11.6. The molecule has 0 aliphatic rings. The second-order valence-corrected chi connectivity index (χ2v) is 11.7. The van der Waals surface area contributed by atoms with E-state index in [1.165, 1.54) is 15.5 Å². The third-order valence-electron chi connectivity index (χ3n) is 8.10. The second kappa shape index (κ2) is 9.93. The molecule has 4 aromatic carbocycles. The molecule has 0 spiro atoms.